The van der Waals surface area contributed by atoms with Crippen LogP contribution in [0.2, 0.25) is 0 Å². The first-order chi connectivity index (χ1) is 11.2. The van der Waals surface area contributed by atoms with Crippen LogP contribution in [0.1, 0.15) is 43.1 Å². The molecule has 23 heavy (non-hydrogen) atoms. The topological polar surface area (TPSA) is 88.5 Å². The van der Waals surface area contributed by atoms with E-state index in [9.17, 15) is 4.79 Å². The van der Waals surface area contributed by atoms with Crippen molar-refractivity contribution in [3.8, 4) is 0 Å². The van der Waals surface area contributed by atoms with E-state index in [1.165, 1.54) is 22.0 Å². The summed E-state index contributed by atoms with van der Waals surface area (Å²) in [4.78, 5) is 16.0. The number of H-pyrrole nitrogens is 1. The van der Waals surface area contributed by atoms with Crippen LogP contribution in [0, 0.1) is 0 Å². The lowest BCUT2D eigenvalue weighted by Gasteiger charge is -2.25. The standard InChI is InChI=1S/C16H18N6O/c1-10(22-9-17-20-21-22)16(23)19-14-8-4-6-12-11-5-2-3-7-13(11)18-15(12)14/h2-3,5,7,9-10,14,18H,4,6,8H2,1H3,(H,19,23)/t10-,14-/m0/s1. The SMILES string of the molecule is C[C@@H](C(=O)N[C@H]1CCCc2c1[nH]c1ccccc21)n1cnnn1. The number of rotatable bonds is 3. The Balaban J connectivity index is 1.61. The van der Waals surface area contributed by atoms with Gasteiger partial charge in [0.25, 0.3) is 0 Å². The van der Waals surface area contributed by atoms with Crippen molar-refractivity contribution in [2.75, 3.05) is 0 Å². The number of aromatic amines is 1. The van der Waals surface area contributed by atoms with Gasteiger partial charge in [0.2, 0.25) is 5.91 Å². The summed E-state index contributed by atoms with van der Waals surface area (Å²) in [7, 11) is 0. The van der Waals surface area contributed by atoms with Crippen molar-refractivity contribution >= 4 is 16.8 Å². The molecule has 118 valence electrons. The Labute approximate surface area is 133 Å². The van der Waals surface area contributed by atoms with Crippen molar-refractivity contribution in [3.63, 3.8) is 0 Å². The third-order valence-corrected chi connectivity index (χ3v) is 4.57. The summed E-state index contributed by atoms with van der Waals surface area (Å²) >= 11 is 0. The molecule has 0 aliphatic heterocycles. The molecular formula is C16H18N6O. The largest absolute Gasteiger partial charge is 0.356 e. The Bertz CT molecular complexity index is 838. The molecule has 2 aromatic heterocycles. The summed E-state index contributed by atoms with van der Waals surface area (Å²) < 4.78 is 1.46. The second-order valence-electron chi connectivity index (χ2n) is 5.98. The lowest BCUT2D eigenvalue weighted by atomic mass is 9.91. The van der Waals surface area contributed by atoms with Gasteiger partial charge in [0, 0.05) is 16.6 Å². The molecular weight excluding hydrogens is 292 g/mol. The molecule has 0 saturated heterocycles. The molecule has 1 amide bonds. The van der Waals surface area contributed by atoms with Gasteiger partial charge in [-0.2, -0.15) is 0 Å². The zero-order valence-electron chi connectivity index (χ0n) is 12.9. The second kappa shape index (κ2) is 5.49. The third kappa shape index (κ3) is 2.38. The number of nitrogens with zero attached hydrogens (tertiary/aromatic N) is 4. The van der Waals surface area contributed by atoms with E-state index in [4.69, 9.17) is 0 Å². The average molecular weight is 310 g/mol. The summed E-state index contributed by atoms with van der Waals surface area (Å²) in [6.07, 6.45) is 4.51. The highest BCUT2D eigenvalue weighted by atomic mass is 16.2. The van der Waals surface area contributed by atoms with Gasteiger partial charge in [0.05, 0.1) is 6.04 Å². The average Bonchev–Trinajstić information content (AvgIpc) is 3.22. The van der Waals surface area contributed by atoms with Gasteiger partial charge < -0.3 is 10.3 Å². The number of hydrogen-bond donors (Lipinski definition) is 2. The molecule has 0 saturated carbocycles. The number of carbonyl (C=O) groups excluding carboxylic acids is 1. The number of benzene rings is 1. The van der Waals surface area contributed by atoms with Gasteiger partial charge in [-0.15, -0.1) is 5.10 Å². The predicted octanol–water partition coefficient (Wildman–Crippen LogP) is 1.91. The molecule has 0 bridgehead atoms. The van der Waals surface area contributed by atoms with Crippen molar-refractivity contribution in [1.29, 1.82) is 0 Å². The van der Waals surface area contributed by atoms with E-state index in [0.717, 1.165) is 30.5 Å². The zero-order valence-corrected chi connectivity index (χ0v) is 12.9. The predicted molar refractivity (Wildman–Crippen MR) is 84.6 cm³/mol. The monoisotopic (exact) mass is 310 g/mol. The maximum atomic E-state index is 12.5. The molecule has 0 unspecified atom stereocenters. The highest BCUT2D eigenvalue weighted by Crippen LogP contribution is 2.34. The van der Waals surface area contributed by atoms with E-state index < -0.39 is 6.04 Å². The van der Waals surface area contributed by atoms with Crippen molar-refractivity contribution in [2.45, 2.75) is 38.3 Å². The fourth-order valence-corrected chi connectivity index (χ4v) is 3.32. The van der Waals surface area contributed by atoms with Gasteiger partial charge in [-0.25, -0.2) is 4.68 Å². The van der Waals surface area contributed by atoms with E-state index in [-0.39, 0.29) is 11.9 Å². The molecule has 7 heteroatoms. The van der Waals surface area contributed by atoms with Crippen molar-refractivity contribution in [2.24, 2.45) is 0 Å². The maximum absolute atomic E-state index is 12.5. The molecule has 0 spiro atoms. The minimum absolute atomic E-state index is 0.0116. The van der Waals surface area contributed by atoms with Gasteiger partial charge >= 0.3 is 0 Å². The first-order valence-corrected chi connectivity index (χ1v) is 7.86. The number of hydrogen-bond acceptors (Lipinski definition) is 4. The molecule has 4 rings (SSSR count). The van der Waals surface area contributed by atoms with E-state index >= 15 is 0 Å². The second-order valence-corrected chi connectivity index (χ2v) is 5.98. The summed E-state index contributed by atoms with van der Waals surface area (Å²) in [5.41, 5.74) is 3.59. The van der Waals surface area contributed by atoms with Gasteiger partial charge in [0.1, 0.15) is 12.4 Å². The van der Waals surface area contributed by atoms with E-state index in [1.807, 2.05) is 6.07 Å². The number of amides is 1. The summed E-state index contributed by atoms with van der Waals surface area (Å²) in [6, 6.07) is 7.88. The molecule has 2 heterocycles. The van der Waals surface area contributed by atoms with Crippen LogP contribution < -0.4 is 5.32 Å². The Kier molecular flexibility index (Phi) is 3.33. The molecule has 1 aliphatic rings. The highest BCUT2D eigenvalue weighted by molar-refractivity contribution is 5.86. The zero-order chi connectivity index (χ0) is 15.8. The van der Waals surface area contributed by atoms with Gasteiger partial charge in [-0.1, -0.05) is 18.2 Å². The third-order valence-electron chi connectivity index (χ3n) is 4.57. The molecule has 3 aromatic rings. The Morgan fingerprint density at radius 1 is 1.43 bits per heavy atom. The number of carbonyl (C=O) groups is 1. The van der Waals surface area contributed by atoms with Gasteiger partial charge in [0.15, 0.2) is 0 Å². The number of para-hydroxylation sites is 1. The van der Waals surface area contributed by atoms with Crippen LogP contribution in [0.3, 0.4) is 0 Å². The molecule has 0 fully saturated rings. The quantitative estimate of drug-likeness (QED) is 0.773. The van der Waals surface area contributed by atoms with Crippen LogP contribution in [0.5, 0.6) is 0 Å². The highest BCUT2D eigenvalue weighted by Gasteiger charge is 2.27. The Hall–Kier alpha value is -2.70. The molecule has 2 N–H and O–H groups in total. The van der Waals surface area contributed by atoms with Crippen LogP contribution in [0.15, 0.2) is 30.6 Å². The van der Waals surface area contributed by atoms with Crippen LogP contribution in [0.4, 0.5) is 0 Å². The number of aromatic nitrogens is 5. The molecule has 7 nitrogen and oxygen atoms in total. The van der Waals surface area contributed by atoms with Crippen LogP contribution in [-0.2, 0) is 11.2 Å². The fourth-order valence-electron chi connectivity index (χ4n) is 3.32. The Morgan fingerprint density at radius 2 is 2.30 bits per heavy atom. The summed E-state index contributed by atoms with van der Waals surface area (Å²) in [6.45, 7) is 1.79. The fraction of sp³-hybridized carbons (Fsp3) is 0.375. The Morgan fingerprint density at radius 3 is 3.13 bits per heavy atom. The number of nitrogens with one attached hydrogen (secondary N) is 2. The first-order valence-electron chi connectivity index (χ1n) is 7.86. The van der Waals surface area contributed by atoms with Crippen LogP contribution in [0.25, 0.3) is 10.9 Å². The minimum Gasteiger partial charge on any atom is -0.356 e. The normalized spacial score (nSPS) is 18.6. The summed E-state index contributed by atoms with van der Waals surface area (Å²) in [5.74, 6) is -0.0752. The van der Waals surface area contributed by atoms with Crippen LogP contribution >= 0.6 is 0 Å². The smallest absolute Gasteiger partial charge is 0.245 e. The summed E-state index contributed by atoms with van der Waals surface area (Å²) in [5, 5.41) is 15.4. The van der Waals surface area contributed by atoms with Crippen molar-refractivity contribution in [3.05, 3.63) is 41.9 Å². The minimum atomic E-state index is -0.431. The first kappa shape index (κ1) is 13.9. The van der Waals surface area contributed by atoms with Crippen molar-refractivity contribution < 1.29 is 4.79 Å². The molecule has 0 radical (unpaired) electrons. The van der Waals surface area contributed by atoms with E-state index in [2.05, 4.69) is 44.0 Å². The van der Waals surface area contributed by atoms with Crippen molar-refractivity contribution in [1.82, 2.24) is 30.5 Å². The van der Waals surface area contributed by atoms with Gasteiger partial charge in [-0.3, -0.25) is 4.79 Å². The van der Waals surface area contributed by atoms with E-state index in [0.29, 0.717) is 0 Å². The van der Waals surface area contributed by atoms with E-state index in [1.54, 1.807) is 6.92 Å². The number of tetrazole rings is 1. The molecule has 2 atom stereocenters. The number of aryl methyl sites for hydroxylation is 1. The van der Waals surface area contributed by atoms with Crippen LogP contribution in [-0.4, -0.2) is 31.1 Å². The molecule has 1 aliphatic carbocycles. The number of fused-ring (bicyclic) bond motifs is 3. The molecule has 1 aromatic carbocycles. The maximum Gasteiger partial charge on any atom is 0.245 e. The lowest BCUT2D eigenvalue weighted by molar-refractivity contribution is -0.125. The van der Waals surface area contributed by atoms with Gasteiger partial charge in [-0.05, 0) is 48.2 Å². The lowest BCUT2D eigenvalue weighted by Crippen LogP contribution is -2.36.